The number of carbonyl (C=O) groups excluding carboxylic acids is 2. The number of hydrogen-bond donors (Lipinski definition) is 2. The number of carbonyl (C=O) groups is 2. The van der Waals surface area contributed by atoms with Crippen LogP contribution in [0.3, 0.4) is 0 Å². The number of benzene rings is 1. The molecule has 1 aliphatic heterocycles. The lowest BCUT2D eigenvalue weighted by molar-refractivity contribution is -0.129. The van der Waals surface area contributed by atoms with Gasteiger partial charge in [-0.1, -0.05) is 11.6 Å². The maximum atomic E-state index is 13.0. The van der Waals surface area contributed by atoms with E-state index < -0.39 is 11.7 Å². The van der Waals surface area contributed by atoms with Gasteiger partial charge in [-0.3, -0.25) is 9.59 Å². The zero-order chi connectivity index (χ0) is 15.2. The summed E-state index contributed by atoms with van der Waals surface area (Å²) in [5.41, 5.74) is 0.381. The highest BCUT2D eigenvalue weighted by atomic mass is 35.5. The molecule has 1 fully saturated rings. The van der Waals surface area contributed by atoms with Crippen molar-refractivity contribution in [3.8, 4) is 0 Å². The summed E-state index contributed by atoms with van der Waals surface area (Å²) in [5.74, 6) is -1.20. The lowest BCUT2D eigenvalue weighted by Crippen LogP contribution is -2.38. The van der Waals surface area contributed by atoms with Crippen molar-refractivity contribution in [1.82, 2.24) is 5.32 Å². The summed E-state index contributed by atoms with van der Waals surface area (Å²) >= 11 is 5.62. The van der Waals surface area contributed by atoms with Crippen LogP contribution in [0.2, 0.25) is 5.02 Å². The SMILES string of the molecule is O=C(CNC(=O)C1CCOCC1)Nc1ccc(F)c(Cl)c1. The van der Waals surface area contributed by atoms with E-state index in [-0.39, 0.29) is 23.4 Å². The van der Waals surface area contributed by atoms with Crippen LogP contribution in [0.1, 0.15) is 12.8 Å². The highest BCUT2D eigenvalue weighted by Gasteiger charge is 2.21. The molecule has 1 aliphatic rings. The minimum atomic E-state index is -0.553. The Bertz CT molecular complexity index is 533. The minimum Gasteiger partial charge on any atom is -0.381 e. The fourth-order valence-corrected chi connectivity index (χ4v) is 2.23. The standard InChI is InChI=1S/C14H16ClFN2O3/c15-11-7-10(1-2-12(11)16)18-13(19)8-17-14(20)9-3-5-21-6-4-9/h1-2,7,9H,3-6,8H2,(H,17,20)(H,18,19). The van der Waals surface area contributed by atoms with Crippen LogP contribution < -0.4 is 10.6 Å². The van der Waals surface area contributed by atoms with E-state index >= 15 is 0 Å². The fraction of sp³-hybridized carbons (Fsp3) is 0.429. The molecule has 1 heterocycles. The van der Waals surface area contributed by atoms with Crippen molar-refractivity contribution in [3.05, 3.63) is 29.0 Å². The molecule has 7 heteroatoms. The fourth-order valence-electron chi connectivity index (χ4n) is 2.05. The molecular formula is C14H16ClFN2O3. The van der Waals surface area contributed by atoms with Gasteiger partial charge in [-0.2, -0.15) is 0 Å². The van der Waals surface area contributed by atoms with Crippen molar-refractivity contribution in [2.75, 3.05) is 25.1 Å². The molecule has 0 unspecified atom stereocenters. The summed E-state index contributed by atoms with van der Waals surface area (Å²) in [7, 11) is 0. The van der Waals surface area contributed by atoms with Crippen molar-refractivity contribution < 1.29 is 18.7 Å². The van der Waals surface area contributed by atoms with Crippen LogP contribution >= 0.6 is 11.6 Å². The first-order valence-electron chi connectivity index (χ1n) is 6.66. The molecule has 0 aliphatic carbocycles. The maximum absolute atomic E-state index is 13.0. The van der Waals surface area contributed by atoms with Crippen LogP contribution in [0, 0.1) is 11.7 Å². The van der Waals surface area contributed by atoms with Crippen molar-refractivity contribution in [1.29, 1.82) is 0 Å². The van der Waals surface area contributed by atoms with Gasteiger partial charge < -0.3 is 15.4 Å². The largest absolute Gasteiger partial charge is 0.381 e. The monoisotopic (exact) mass is 314 g/mol. The van der Waals surface area contributed by atoms with E-state index in [4.69, 9.17) is 16.3 Å². The molecule has 1 saturated heterocycles. The van der Waals surface area contributed by atoms with Gasteiger partial charge in [0.25, 0.3) is 0 Å². The third kappa shape index (κ3) is 4.68. The summed E-state index contributed by atoms with van der Waals surface area (Å²) in [5, 5.41) is 5.05. The lowest BCUT2D eigenvalue weighted by Gasteiger charge is -2.21. The highest BCUT2D eigenvalue weighted by molar-refractivity contribution is 6.31. The maximum Gasteiger partial charge on any atom is 0.243 e. The Morgan fingerprint density at radius 2 is 2.05 bits per heavy atom. The number of nitrogens with one attached hydrogen (secondary N) is 2. The topological polar surface area (TPSA) is 67.4 Å². The van der Waals surface area contributed by atoms with Gasteiger partial charge in [-0.05, 0) is 31.0 Å². The minimum absolute atomic E-state index is 0.0703. The number of anilines is 1. The molecule has 0 spiro atoms. The Labute approximate surface area is 126 Å². The number of hydrogen-bond acceptors (Lipinski definition) is 3. The second-order valence-corrected chi connectivity index (χ2v) is 5.19. The average Bonchev–Trinajstić information content (AvgIpc) is 2.49. The molecule has 5 nitrogen and oxygen atoms in total. The molecule has 0 radical (unpaired) electrons. The number of halogens is 2. The molecule has 0 bridgehead atoms. The predicted molar refractivity (Wildman–Crippen MR) is 76.6 cm³/mol. The summed E-state index contributed by atoms with van der Waals surface area (Å²) in [4.78, 5) is 23.5. The Kier molecular flexibility index (Phi) is 5.52. The van der Waals surface area contributed by atoms with E-state index in [2.05, 4.69) is 10.6 Å². The van der Waals surface area contributed by atoms with Gasteiger partial charge in [-0.25, -0.2) is 4.39 Å². The van der Waals surface area contributed by atoms with Crippen molar-refractivity contribution in [3.63, 3.8) is 0 Å². The molecule has 21 heavy (non-hydrogen) atoms. The Morgan fingerprint density at radius 1 is 1.33 bits per heavy atom. The van der Waals surface area contributed by atoms with Gasteiger partial charge in [-0.15, -0.1) is 0 Å². The quantitative estimate of drug-likeness (QED) is 0.892. The van der Waals surface area contributed by atoms with E-state index in [9.17, 15) is 14.0 Å². The third-order valence-corrected chi connectivity index (χ3v) is 3.51. The molecule has 1 aromatic rings. The Morgan fingerprint density at radius 3 is 2.71 bits per heavy atom. The second kappa shape index (κ2) is 7.38. The molecule has 2 amide bonds. The van der Waals surface area contributed by atoms with Gasteiger partial charge in [0.15, 0.2) is 0 Å². The normalized spacial score (nSPS) is 15.5. The van der Waals surface area contributed by atoms with E-state index in [1.54, 1.807) is 0 Å². The third-order valence-electron chi connectivity index (χ3n) is 3.22. The Balaban J connectivity index is 1.78. The van der Waals surface area contributed by atoms with Crippen LogP contribution in [-0.2, 0) is 14.3 Å². The predicted octanol–water partition coefficient (Wildman–Crippen LogP) is 1.96. The van der Waals surface area contributed by atoms with Gasteiger partial charge >= 0.3 is 0 Å². The number of ether oxygens (including phenoxy) is 1. The summed E-state index contributed by atoms with van der Waals surface area (Å²) in [6.07, 6.45) is 1.34. The second-order valence-electron chi connectivity index (χ2n) is 4.78. The molecule has 1 aromatic carbocycles. The van der Waals surface area contributed by atoms with Gasteiger partial charge in [0.1, 0.15) is 5.82 Å². The first kappa shape index (κ1) is 15.7. The van der Waals surface area contributed by atoms with E-state index in [1.807, 2.05) is 0 Å². The van der Waals surface area contributed by atoms with Gasteiger partial charge in [0.2, 0.25) is 11.8 Å². The van der Waals surface area contributed by atoms with Crippen LogP contribution in [-0.4, -0.2) is 31.6 Å². The molecule has 2 rings (SSSR count). The van der Waals surface area contributed by atoms with Crippen molar-refractivity contribution in [2.45, 2.75) is 12.8 Å². The molecule has 114 valence electrons. The number of rotatable bonds is 4. The van der Waals surface area contributed by atoms with Crippen LogP contribution in [0.5, 0.6) is 0 Å². The average molecular weight is 315 g/mol. The highest BCUT2D eigenvalue weighted by Crippen LogP contribution is 2.19. The van der Waals surface area contributed by atoms with Crippen LogP contribution in [0.4, 0.5) is 10.1 Å². The molecule has 0 atom stereocenters. The summed E-state index contributed by atoms with van der Waals surface area (Å²) in [6, 6.07) is 3.88. The van der Waals surface area contributed by atoms with E-state index in [1.165, 1.54) is 18.2 Å². The zero-order valence-corrected chi connectivity index (χ0v) is 12.1. The van der Waals surface area contributed by atoms with Crippen LogP contribution in [0.15, 0.2) is 18.2 Å². The molecule has 2 N–H and O–H groups in total. The molecular weight excluding hydrogens is 299 g/mol. The van der Waals surface area contributed by atoms with Crippen LogP contribution in [0.25, 0.3) is 0 Å². The van der Waals surface area contributed by atoms with E-state index in [0.29, 0.717) is 31.7 Å². The van der Waals surface area contributed by atoms with E-state index in [0.717, 1.165) is 0 Å². The zero-order valence-electron chi connectivity index (χ0n) is 11.3. The Hall–Kier alpha value is -1.66. The molecule has 0 saturated carbocycles. The summed E-state index contributed by atoms with van der Waals surface area (Å²) < 4.78 is 18.2. The first-order chi connectivity index (χ1) is 10.1. The summed E-state index contributed by atoms with van der Waals surface area (Å²) in [6.45, 7) is 1.00. The first-order valence-corrected chi connectivity index (χ1v) is 7.04. The number of amides is 2. The smallest absolute Gasteiger partial charge is 0.243 e. The van der Waals surface area contributed by atoms with Crippen molar-refractivity contribution >= 4 is 29.1 Å². The van der Waals surface area contributed by atoms with Crippen molar-refractivity contribution in [2.24, 2.45) is 5.92 Å². The lowest BCUT2D eigenvalue weighted by atomic mass is 9.99. The van der Waals surface area contributed by atoms with Gasteiger partial charge in [0.05, 0.1) is 11.6 Å². The molecule has 0 aromatic heterocycles. The van der Waals surface area contributed by atoms with Gasteiger partial charge in [0, 0.05) is 24.8 Å².